The van der Waals surface area contributed by atoms with E-state index in [1.807, 2.05) is 17.9 Å². The first kappa shape index (κ1) is 17.9. The SMILES string of the molecule is COc1ccc2c(c1)CC(C1CCOCC1)N(C(=O)c1cncnc1C)C2. The summed E-state index contributed by atoms with van der Waals surface area (Å²) < 4.78 is 11.0. The second-order valence-corrected chi connectivity index (χ2v) is 7.31. The molecular formula is C21H25N3O3. The smallest absolute Gasteiger partial charge is 0.257 e. The number of carbonyl (C=O) groups is 1. The minimum absolute atomic E-state index is 0.0195. The molecule has 1 aromatic heterocycles. The average Bonchev–Trinajstić information content (AvgIpc) is 2.73. The lowest BCUT2D eigenvalue weighted by Gasteiger charge is -2.42. The number of aryl methyl sites for hydroxylation is 1. The van der Waals surface area contributed by atoms with Gasteiger partial charge in [0.25, 0.3) is 5.91 Å². The molecule has 2 aromatic rings. The van der Waals surface area contributed by atoms with Crippen molar-refractivity contribution < 1.29 is 14.3 Å². The predicted octanol–water partition coefficient (Wildman–Crippen LogP) is 2.79. The standard InChI is InChI=1S/C21H25N3O3/c1-14-19(11-22-13-23-14)21(25)24-12-16-3-4-18(26-2)9-17(16)10-20(24)15-5-7-27-8-6-15/h3-4,9,11,13,15,20H,5-8,10,12H2,1-2H3. The fraction of sp³-hybridized carbons (Fsp3) is 0.476. The molecule has 1 amide bonds. The predicted molar refractivity (Wildman–Crippen MR) is 101 cm³/mol. The van der Waals surface area contributed by atoms with Crippen molar-refractivity contribution in [2.75, 3.05) is 20.3 Å². The van der Waals surface area contributed by atoms with Crippen LogP contribution in [-0.2, 0) is 17.7 Å². The molecule has 0 radical (unpaired) electrons. The minimum atomic E-state index is 0.0195. The van der Waals surface area contributed by atoms with Gasteiger partial charge in [-0.3, -0.25) is 4.79 Å². The first-order valence-electron chi connectivity index (χ1n) is 9.48. The first-order valence-corrected chi connectivity index (χ1v) is 9.48. The van der Waals surface area contributed by atoms with Gasteiger partial charge in [-0.25, -0.2) is 9.97 Å². The molecule has 2 aliphatic heterocycles. The van der Waals surface area contributed by atoms with Crippen LogP contribution < -0.4 is 4.74 Å². The zero-order valence-corrected chi connectivity index (χ0v) is 15.9. The lowest BCUT2D eigenvalue weighted by atomic mass is 9.82. The molecule has 1 atom stereocenters. The molecule has 1 saturated heterocycles. The summed E-state index contributed by atoms with van der Waals surface area (Å²) in [7, 11) is 1.69. The number of hydrogen-bond donors (Lipinski definition) is 0. The van der Waals surface area contributed by atoms with Gasteiger partial charge < -0.3 is 14.4 Å². The van der Waals surface area contributed by atoms with Gasteiger partial charge in [0.1, 0.15) is 12.1 Å². The third kappa shape index (κ3) is 3.54. The Bertz CT molecular complexity index is 833. The molecule has 1 fully saturated rings. The number of methoxy groups -OCH3 is 1. The van der Waals surface area contributed by atoms with Crippen LogP contribution in [0.15, 0.2) is 30.7 Å². The van der Waals surface area contributed by atoms with Crippen LogP contribution in [0, 0.1) is 12.8 Å². The normalized spacial score (nSPS) is 20.2. The van der Waals surface area contributed by atoms with Crippen LogP contribution in [0.2, 0.25) is 0 Å². The van der Waals surface area contributed by atoms with Crippen molar-refractivity contribution in [2.45, 2.75) is 38.8 Å². The number of aromatic nitrogens is 2. The van der Waals surface area contributed by atoms with Gasteiger partial charge in [-0.1, -0.05) is 6.07 Å². The largest absolute Gasteiger partial charge is 0.497 e. The molecule has 1 aromatic carbocycles. The van der Waals surface area contributed by atoms with Crippen LogP contribution in [-0.4, -0.2) is 47.1 Å². The summed E-state index contributed by atoms with van der Waals surface area (Å²) in [5.74, 6) is 1.32. The number of fused-ring (bicyclic) bond motifs is 1. The van der Waals surface area contributed by atoms with Crippen molar-refractivity contribution in [3.63, 3.8) is 0 Å². The summed E-state index contributed by atoms with van der Waals surface area (Å²) in [6, 6.07) is 6.30. The summed E-state index contributed by atoms with van der Waals surface area (Å²) in [4.78, 5) is 23.7. The van der Waals surface area contributed by atoms with E-state index in [9.17, 15) is 4.79 Å². The Morgan fingerprint density at radius 2 is 2.07 bits per heavy atom. The average molecular weight is 367 g/mol. The molecule has 1 unspecified atom stereocenters. The van der Waals surface area contributed by atoms with Crippen molar-refractivity contribution in [2.24, 2.45) is 5.92 Å². The molecule has 6 heteroatoms. The molecule has 0 spiro atoms. The number of hydrogen-bond acceptors (Lipinski definition) is 5. The zero-order valence-electron chi connectivity index (χ0n) is 15.9. The van der Waals surface area contributed by atoms with Gasteiger partial charge in [0.15, 0.2) is 0 Å². The maximum Gasteiger partial charge on any atom is 0.257 e. The molecule has 6 nitrogen and oxygen atoms in total. The van der Waals surface area contributed by atoms with Gasteiger partial charge in [0.2, 0.25) is 0 Å². The third-order valence-electron chi connectivity index (χ3n) is 5.80. The lowest BCUT2D eigenvalue weighted by Crippen LogP contribution is -2.49. The molecule has 0 aliphatic carbocycles. The minimum Gasteiger partial charge on any atom is -0.497 e. The molecule has 0 N–H and O–H groups in total. The van der Waals surface area contributed by atoms with Crippen LogP contribution in [0.3, 0.4) is 0 Å². The first-order chi connectivity index (χ1) is 13.2. The van der Waals surface area contributed by atoms with Crippen molar-refractivity contribution in [1.82, 2.24) is 14.9 Å². The van der Waals surface area contributed by atoms with Crippen LogP contribution in [0.5, 0.6) is 5.75 Å². The molecule has 142 valence electrons. The highest BCUT2D eigenvalue weighted by Crippen LogP contribution is 2.34. The fourth-order valence-corrected chi connectivity index (χ4v) is 4.21. The maximum atomic E-state index is 13.4. The van der Waals surface area contributed by atoms with Gasteiger partial charge >= 0.3 is 0 Å². The number of carbonyl (C=O) groups excluding carboxylic acids is 1. The van der Waals surface area contributed by atoms with Gasteiger partial charge in [-0.15, -0.1) is 0 Å². The number of benzene rings is 1. The highest BCUT2D eigenvalue weighted by atomic mass is 16.5. The Kier molecular flexibility index (Phi) is 5.07. The number of ether oxygens (including phenoxy) is 2. The molecule has 0 saturated carbocycles. The Hall–Kier alpha value is -2.47. The van der Waals surface area contributed by atoms with E-state index in [2.05, 4.69) is 22.1 Å². The van der Waals surface area contributed by atoms with Crippen molar-refractivity contribution in [1.29, 1.82) is 0 Å². The highest BCUT2D eigenvalue weighted by Gasteiger charge is 2.37. The van der Waals surface area contributed by atoms with E-state index in [1.54, 1.807) is 13.3 Å². The summed E-state index contributed by atoms with van der Waals surface area (Å²) in [6.45, 7) is 4.00. The van der Waals surface area contributed by atoms with E-state index >= 15 is 0 Å². The number of nitrogens with zero attached hydrogens (tertiary/aromatic N) is 3. The number of amides is 1. The van der Waals surface area contributed by atoms with Crippen LogP contribution in [0.25, 0.3) is 0 Å². The Balaban J connectivity index is 1.70. The van der Waals surface area contributed by atoms with Gasteiger partial charge in [0, 0.05) is 32.0 Å². The van der Waals surface area contributed by atoms with Gasteiger partial charge in [-0.05, 0) is 55.4 Å². The molecule has 27 heavy (non-hydrogen) atoms. The van der Waals surface area contributed by atoms with Crippen LogP contribution in [0.4, 0.5) is 0 Å². The summed E-state index contributed by atoms with van der Waals surface area (Å²) in [5, 5.41) is 0. The van der Waals surface area contributed by atoms with Gasteiger partial charge in [0.05, 0.1) is 18.4 Å². The Morgan fingerprint density at radius 3 is 2.81 bits per heavy atom. The molecule has 4 rings (SSSR count). The summed E-state index contributed by atoms with van der Waals surface area (Å²) in [6.07, 6.45) is 5.93. The second kappa shape index (κ2) is 7.64. The zero-order chi connectivity index (χ0) is 18.8. The highest BCUT2D eigenvalue weighted by molar-refractivity contribution is 5.95. The summed E-state index contributed by atoms with van der Waals surface area (Å²) in [5.41, 5.74) is 3.77. The van der Waals surface area contributed by atoms with E-state index < -0.39 is 0 Å². The maximum absolute atomic E-state index is 13.4. The molecule has 3 heterocycles. The monoisotopic (exact) mass is 367 g/mol. The lowest BCUT2D eigenvalue weighted by molar-refractivity contribution is 0.0179. The van der Waals surface area contributed by atoms with E-state index in [4.69, 9.17) is 9.47 Å². The van der Waals surface area contributed by atoms with E-state index in [0.717, 1.165) is 43.9 Å². The van der Waals surface area contributed by atoms with E-state index in [1.165, 1.54) is 17.5 Å². The topological polar surface area (TPSA) is 64.6 Å². The quantitative estimate of drug-likeness (QED) is 0.835. The van der Waals surface area contributed by atoms with Crippen molar-refractivity contribution >= 4 is 5.91 Å². The molecule has 2 aliphatic rings. The second-order valence-electron chi connectivity index (χ2n) is 7.31. The van der Waals surface area contributed by atoms with E-state index in [-0.39, 0.29) is 11.9 Å². The molecular weight excluding hydrogens is 342 g/mol. The third-order valence-corrected chi connectivity index (χ3v) is 5.80. The van der Waals surface area contributed by atoms with E-state index in [0.29, 0.717) is 18.0 Å². The van der Waals surface area contributed by atoms with Gasteiger partial charge in [-0.2, -0.15) is 0 Å². The Labute approximate surface area is 159 Å². The fourth-order valence-electron chi connectivity index (χ4n) is 4.21. The van der Waals surface area contributed by atoms with Crippen molar-refractivity contribution in [3.05, 3.63) is 53.1 Å². The van der Waals surface area contributed by atoms with Crippen molar-refractivity contribution in [3.8, 4) is 5.75 Å². The van der Waals surface area contributed by atoms with Crippen LogP contribution in [0.1, 0.15) is 40.0 Å². The molecule has 0 bridgehead atoms. The number of rotatable bonds is 3. The summed E-state index contributed by atoms with van der Waals surface area (Å²) >= 11 is 0. The Morgan fingerprint density at radius 1 is 1.26 bits per heavy atom. The van der Waals surface area contributed by atoms with Crippen LogP contribution >= 0.6 is 0 Å².